The first kappa shape index (κ1) is 13.9. The second-order valence-electron chi connectivity index (χ2n) is 4.42. The SMILES string of the molecule is COc1ccccc1NC(=O)Cn1ccc(C)cc1=O. The summed E-state index contributed by atoms with van der Waals surface area (Å²) in [5, 5.41) is 2.73. The van der Waals surface area contributed by atoms with Crippen LogP contribution in [0.2, 0.25) is 0 Å². The zero-order valence-corrected chi connectivity index (χ0v) is 11.4. The Morgan fingerprint density at radius 2 is 2.05 bits per heavy atom. The Labute approximate surface area is 116 Å². The molecule has 0 atom stereocenters. The van der Waals surface area contributed by atoms with Gasteiger partial charge >= 0.3 is 0 Å². The monoisotopic (exact) mass is 272 g/mol. The number of benzene rings is 1. The lowest BCUT2D eigenvalue weighted by Crippen LogP contribution is -2.27. The van der Waals surface area contributed by atoms with E-state index in [-0.39, 0.29) is 18.0 Å². The van der Waals surface area contributed by atoms with Gasteiger partial charge in [-0.2, -0.15) is 0 Å². The maximum absolute atomic E-state index is 12.0. The summed E-state index contributed by atoms with van der Waals surface area (Å²) in [5.41, 5.74) is 1.26. The number of ether oxygens (including phenoxy) is 1. The van der Waals surface area contributed by atoms with E-state index in [9.17, 15) is 9.59 Å². The fourth-order valence-electron chi connectivity index (χ4n) is 1.83. The highest BCUT2D eigenvalue weighted by atomic mass is 16.5. The molecule has 0 radical (unpaired) electrons. The first-order valence-electron chi connectivity index (χ1n) is 6.20. The molecule has 5 heteroatoms. The molecule has 1 N–H and O–H groups in total. The molecule has 0 saturated carbocycles. The molecule has 0 fully saturated rings. The van der Waals surface area contributed by atoms with Crippen LogP contribution in [0.15, 0.2) is 47.4 Å². The number of aryl methyl sites for hydroxylation is 1. The lowest BCUT2D eigenvalue weighted by molar-refractivity contribution is -0.116. The summed E-state index contributed by atoms with van der Waals surface area (Å²) in [6.45, 7) is 1.80. The van der Waals surface area contributed by atoms with Gasteiger partial charge in [-0.1, -0.05) is 12.1 Å². The van der Waals surface area contributed by atoms with Crippen LogP contribution < -0.4 is 15.6 Å². The maximum Gasteiger partial charge on any atom is 0.251 e. The first-order valence-corrected chi connectivity index (χ1v) is 6.20. The van der Waals surface area contributed by atoms with Crippen molar-refractivity contribution in [3.05, 3.63) is 58.5 Å². The summed E-state index contributed by atoms with van der Waals surface area (Å²) in [6.07, 6.45) is 1.61. The average molecular weight is 272 g/mol. The number of nitrogens with one attached hydrogen (secondary N) is 1. The van der Waals surface area contributed by atoms with E-state index in [1.807, 2.05) is 13.0 Å². The fourth-order valence-corrected chi connectivity index (χ4v) is 1.83. The summed E-state index contributed by atoms with van der Waals surface area (Å²) in [6, 6.07) is 10.4. The quantitative estimate of drug-likeness (QED) is 0.923. The van der Waals surface area contributed by atoms with E-state index in [2.05, 4.69) is 5.32 Å². The van der Waals surface area contributed by atoms with Gasteiger partial charge in [-0.15, -0.1) is 0 Å². The number of rotatable bonds is 4. The van der Waals surface area contributed by atoms with Crippen molar-refractivity contribution < 1.29 is 9.53 Å². The smallest absolute Gasteiger partial charge is 0.251 e. The summed E-state index contributed by atoms with van der Waals surface area (Å²) in [5.74, 6) is 0.303. The van der Waals surface area contributed by atoms with E-state index < -0.39 is 0 Å². The molecular formula is C15H16N2O3. The number of amides is 1. The van der Waals surface area contributed by atoms with E-state index >= 15 is 0 Å². The average Bonchev–Trinajstić information content (AvgIpc) is 2.42. The Balaban J connectivity index is 2.11. The van der Waals surface area contributed by atoms with Gasteiger partial charge in [0.1, 0.15) is 12.3 Å². The third-order valence-electron chi connectivity index (χ3n) is 2.85. The first-order chi connectivity index (χ1) is 9.60. The number of para-hydroxylation sites is 2. The molecule has 0 aliphatic rings. The van der Waals surface area contributed by atoms with Crippen LogP contribution in [0.1, 0.15) is 5.56 Å². The summed E-state index contributed by atoms with van der Waals surface area (Å²) in [4.78, 5) is 23.7. The van der Waals surface area contributed by atoms with Gasteiger partial charge in [0.05, 0.1) is 12.8 Å². The van der Waals surface area contributed by atoms with Crippen molar-refractivity contribution in [3.8, 4) is 5.75 Å². The number of hydrogen-bond donors (Lipinski definition) is 1. The number of methoxy groups -OCH3 is 1. The highest BCUT2D eigenvalue weighted by Crippen LogP contribution is 2.22. The van der Waals surface area contributed by atoms with E-state index in [1.165, 1.54) is 17.7 Å². The molecule has 1 aromatic heterocycles. The Bertz CT molecular complexity index is 677. The summed E-state index contributed by atoms with van der Waals surface area (Å²) < 4.78 is 6.51. The third kappa shape index (κ3) is 3.26. The molecular weight excluding hydrogens is 256 g/mol. The van der Waals surface area contributed by atoms with Gasteiger partial charge in [-0.25, -0.2) is 0 Å². The standard InChI is InChI=1S/C15H16N2O3/c1-11-7-8-17(15(19)9-11)10-14(18)16-12-5-3-4-6-13(12)20-2/h3-9H,10H2,1-2H3,(H,16,18). The van der Waals surface area contributed by atoms with Crippen molar-refractivity contribution in [2.75, 3.05) is 12.4 Å². The molecule has 0 saturated heterocycles. The topological polar surface area (TPSA) is 60.3 Å². The van der Waals surface area contributed by atoms with Gasteiger partial charge in [0, 0.05) is 12.3 Å². The molecule has 2 rings (SSSR count). The molecule has 0 aliphatic carbocycles. The predicted molar refractivity (Wildman–Crippen MR) is 77.1 cm³/mol. The highest BCUT2D eigenvalue weighted by Gasteiger charge is 2.08. The Morgan fingerprint density at radius 1 is 1.30 bits per heavy atom. The Kier molecular flexibility index (Phi) is 4.20. The molecule has 20 heavy (non-hydrogen) atoms. The second-order valence-corrected chi connectivity index (χ2v) is 4.42. The van der Waals surface area contributed by atoms with E-state index in [1.54, 1.807) is 30.5 Å². The largest absolute Gasteiger partial charge is 0.495 e. The molecule has 0 bridgehead atoms. The van der Waals surface area contributed by atoms with Crippen molar-refractivity contribution >= 4 is 11.6 Å². The van der Waals surface area contributed by atoms with Crippen LogP contribution in [0, 0.1) is 6.92 Å². The van der Waals surface area contributed by atoms with Crippen molar-refractivity contribution in [1.82, 2.24) is 4.57 Å². The van der Waals surface area contributed by atoms with Crippen molar-refractivity contribution in [1.29, 1.82) is 0 Å². The lowest BCUT2D eigenvalue weighted by atomic mass is 10.3. The number of hydrogen-bond acceptors (Lipinski definition) is 3. The highest BCUT2D eigenvalue weighted by molar-refractivity contribution is 5.92. The van der Waals surface area contributed by atoms with Gasteiger partial charge in [0.2, 0.25) is 5.91 Å². The van der Waals surface area contributed by atoms with Crippen LogP contribution in [0.5, 0.6) is 5.75 Å². The summed E-state index contributed by atoms with van der Waals surface area (Å²) in [7, 11) is 1.54. The molecule has 0 aliphatic heterocycles. The number of aromatic nitrogens is 1. The molecule has 1 amide bonds. The van der Waals surface area contributed by atoms with Gasteiger partial charge in [0.15, 0.2) is 0 Å². The zero-order valence-electron chi connectivity index (χ0n) is 11.4. The predicted octanol–water partition coefficient (Wildman–Crippen LogP) is 1.80. The van der Waals surface area contributed by atoms with Crippen LogP contribution in [0.25, 0.3) is 0 Å². The van der Waals surface area contributed by atoms with E-state index in [0.717, 1.165) is 5.56 Å². The molecule has 0 unspecified atom stereocenters. The maximum atomic E-state index is 12.0. The summed E-state index contributed by atoms with van der Waals surface area (Å²) >= 11 is 0. The fraction of sp³-hybridized carbons (Fsp3) is 0.200. The van der Waals surface area contributed by atoms with Crippen LogP contribution >= 0.6 is 0 Å². The van der Waals surface area contributed by atoms with Crippen molar-refractivity contribution in [2.45, 2.75) is 13.5 Å². The number of carbonyl (C=O) groups is 1. The molecule has 0 spiro atoms. The zero-order chi connectivity index (χ0) is 14.5. The lowest BCUT2D eigenvalue weighted by Gasteiger charge is -2.10. The van der Waals surface area contributed by atoms with Crippen molar-refractivity contribution in [3.63, 3.8) is 0 Å². The molecule has 5 nitrogen and oxygen atoms in total. The van der Waals surface area contributed by atoms with Gasteiger partial charge in [-0.3, -0.25) is 9.59 Å². The second kappa shape index (κ2) is 6.06. The van der Waals surface area contributed by atoms with Crippen LogP contribution in [0.3, 0.4) is 0 Å². The normalized spacial score (nSPS) is 10.1. The minimum Gasteiger partial charge on any atom is -0.495 e. The molecule has 1 aromatic carbocycles. The van der Waals surface area contributed by atoms with Gasteiger partial charge in [0.25, 0.3) is 5.56 Å². The van der Waals surface area contributed by atoms with Crippen LogP contribution in [0.4, 0.5) is 5.69 Å². The van der Waals surface area contributed by atoms with Crippen LogP contribution in [-0.4, -0.2) is 17.6 Å². The number of anilines is 1. The van der Waals surface area contributed by atoms with E-state index in [0.29, 0.717) is 11.4 Å². The number of nitrogens with zero attached hydrogens (tertiary/aromatic N) is 1. The minimum atomic E-state index is -0.277. The third-order valence-corrected chi connectivity index (χ3v) is 2.85. The minimum absolute atomic E-state index is 0.0306. The Hall–Kier alpha value is -2.56. The molecule has 2 aromatic rings. The van der Waals surface area contributed by atoms with E-state index in [4.69, 9.17) is 4.74 Å². The number of carbonyl (C=O) groups excluding carboxylic acids is 1. The van der Waals surface area contributed by atoms with Crippen LogP contribution in [-0.2, 0) is 11.3 Å². The number of pyridine rings is 1. The Morgan fingerprint density at radius 3 is 2.75 bits per heavy atom. The van der Waals surface area contributed by atoms with Gasteiger partial charge in [-0.05, 0) is 30.7 Å². The molecule has 1 heterocycles. The molecule has 104 valence electrons. The van der Waals surface area contributed by atoms with Crippen molar-refractivity contribution in [2.24, 2.45) is 0 Å². The van der Waals surface area contributed by atoms with Gasteiger partial charge < -0.3 is 14.6 Å².